The Hall–Kier alpha value is -3.05. The van der Waals surface area contributed by atoms with Gasteiger partial charge in [0.1, 0.15) is 33.7 Å². The lowest BCUT2D eigenvalue weighted by molar-refractivity contribution is -0.140. The topological polar surface area (TPSA) is 72.3 Å². The highest BCUT2D eigenvalue weighted by molar-refractivity contribution is 7.18. The molecule has 0 aliphatic heterocycles. The number of carboxylic acids is 1. The summed E-state index contributed by atoms with van der Waals surface area (Å²) in [5, 5.41) is 9.88. The fraction of sp³-hybridized carbons (Fsp3) is 0.227. The van der Waals surface area contributed by atoms with Crippen molar-refractivity contribution in [1.29, 1.82) is 0 Å². The number of nitrogens with zero attached hydrogens (tertiary/aromatic N) is 2. The van der Waals surface area contributed by atoms with Gasteiger partial charge in [-0.05, 0) is 37.6 Å². The van der Waals surface area contributed by atoms with Crippen LogP contribution in [0.1, 0.15) is 26.7 Å². The van der Waals surface area contributed by atoms with Crippen LogP contribution in [0.4, 0.5) is 17.6 Å². The minimum absolute atomic E-state index is 0.122. The van der Waals surface area contributed by atoms with Crippen LogP contribution in [0.3, 0.4) is 0 Å². The number of aromatic nitrogens is 2. The van der Waals surface area contributed by atoms with Crippen molar-refractivity contribution in [3.05, 3.63) is 62.9 Å². The molecule has 5 nitrogen and oxygen atoms in total. The predicted molar refractivity (Wildman–Crippen MR) is 117 cm³/mol. The van der Waals surface area contributed by atoms with Gasteiger partial charge in [-0.15, -0.1) is 22.7 Å². The summed E-state index contributed by atoms with van der Waals surface area (Å²) in [6.07, 6.45) is -4.95. The number of rotatable bonds is 6. The number of fused-ring (bicyclic) bond motifs is 1. The number of halogens is 4. The van der Waals surface area contributed by atoms with Gasteiger partial charge in [0.25, 0.3) is 0 Å². The van der Waals surface area contributed by atoms with E-state index < -0.39 is 23.5 Å². The zero-order valence-electron chi connectivity index (χ0n) is 17.3. The highest BCUT2D eigenvalue weighted by Gasteiger charge is 2.34. The van der Waals surface area contributed by atoms with E-state index >= 15 is 0 Å². The first-order chi connectivity index (χ1) is 15.5. The molecule has 172 valence electrons. The Morgan fingerprint density at radius 2 is 1.88 bits per heavy atom. The minimum atomic E-state index is -4.76. The van der Waals surface area contributed by atoms with E-state index in [1.54, 1.807) is 13.0 Å². The summed E-state index contributed by atoms with van der Waals surface area (Å²) in [7, 11) is 0. The van der Waals surface area contributed by atoms with Crippen molar-refractivity contribution in [2.45, 2.75) is 33.1 Å². The van der Waals surface area contributed by atoms with E-state index in [0.717, 1.165) is 21.2 Å². The third-order valence-electron chi connectivity index (χ3n) is 4.82. The summed E-state index contributed by atoms with van der Waals surface area (Å²) in [6.45, 7) is 3.76. The third kappa shape index (κ3) is 4.83. The summed E-state index contributed by atoms with van der Waals surface area (Å²) in [5.74, 6) is -1.84. The van der Waals surface area contributed by atoms with Crippen molar-refractivity contribution in [3.63, 3.8) is 0 Å². The Kier molecular flexibility index (Phi) is 6.10. The van der Waals surface area contributed by atoms with Crippen LogP contribution in [0.5, 0.6) is 5.75 Å². The van der Waals surface area contributed by atoms with E-state index in [2.05, 4.69) is 9.97 Å². The van der Waals surface area contributed by atoms with Crippen LogP contribution >= 0.6 is 22.7 Å². The lowest BCUT2D eigenvalue weighted by atomic mass is 10.1. The molecule has 0 amide bonds. The fourth-order valence-electron chi connectivity index (χ4n) is 3.18. The Balaban J connectivity index is 1.58. The maximum absolute atomic E-state index is 14.0. The molecular weight excluding hydrogens is 480 g/mol. The van der Waals surface area contributed by atoms with Gasteiger partial charge in [-0.25, -0.2) is 14.4 Å². The molecule has 2 heterocycles. The van der Waals surface area contributed by atoms with Crippen LogP contribution in [0, 0.1) is 19.7 Å². The summed E-state index contributed by atoms with van der Waals surface area (Å²) >= 11 is 2.50. The Bertz CT molecular complexity index is 1360. The lowest BCUT2D eigenvalue weighted by Gasteiger charge is -2.08. The largest absolute Gasteiger partial charge is 0.486 e. The van der Waals surface area contributed by atoms with Gasteiger partial charge in [0.15, 0.2) is 0 Å². The van der Waals surface area contributed by atoms with Crippen LogP contribution in [-0.4, -0.2) is 21.0 Å². The molecule has 0 atom stereocenters. The van der Waals surface area contributed by atoms with Gasteiger partial charge < -0.3 is 9.84 Å². The Morgan fingerprint density at radius 1 is 1.12 bits per heavy atom. The highest BCUT2D eigenvalue weighted by Crippen LogP contribution is 2.36. The number of thiazole rings is 2. The molecule has 0 unspecified atom stereocenters. The molecule has 33 heavy (non-hydrogen) atoms. The van der Waals surface area contributed by atoms with Crippen molar-refractivity contribution in [1.82, 2.24) is 9.97 Å². The number of aryl methyl sites for hydroxylation is 2. The van der Waals surface area contributed by atoms with Gasteiger partial charge >= 0.3 is 12.1 Å². The number of carboxylic acid groups (broad SMARTS) is 1. The molecule has 0 saturated heterocycles. The summed E-state index contributed by atoms with van der Waals surface area (Å²) in [6, 6.07) is 6.34. The molecule has 2 aromatic heterocycles. The van der Waals surface area contributed by atoms with Gasteiger partial charge in [0.2, 0.25) is 0 Å². The zero-order valence-corrected chi connectivity index (χ0v) is 18.9. The lowest BCUT2D eigenvalue weighted by Crippen LogP contribution is -2.07. The number of benzene rings is 2. The monoisotopic (exact) mass is 496 g/mol. The summed E-state index contributed by atoms with van der Waals surface area (Å²) in [4.78, 5) is 20.5. The number of hydrogen-bond donors (Lipinski definition) is 1. The van der Waals surface area contributed by atoms with Crippen LogP contribution in [0.25, 0.3) is 20.8 Å². The van der Waals surface area contributed by atoms with Crippen molar-refractivity contribution in [3.8, 4) is 16.3 Å². The zero-order chi connectivity index (χ0) is 23.9. The molecule has 0 spiro atoms. The van der Waals surface area contributed by atoms with Crippen LogP contribution in [0.15, 0.2) is 30.3 Å². The fourth-order valence-corrected chi connectivity index (χ4v) is 5.19. The molecule has 0 bridgehead atoms. The van der Waals surface area contributed by atoms with E-state index in [0.29, 0.717) is 33.0 Å². The number of hydrogen-bond acceptors (Lipinski definition) is 6. The first-order valence-electron chi connectivity index (χ1n) is 9.60. The number of alkyl halides is 3. The highest BCUT2D eigenvalue weighted by atomic mass is 32.1. The molecule has 0 radical (unpaired) electrons. The first kappa shape index (κ1) is 23.1. The van der Waals surface area contributed by atoms with Gasteiger partial charge in [0.05, 0.1) is 27.3 Å². The Labute approximate surface area is 193 Å². The van der Waals surface area contributed by atoms with E-state index in [1.807, 2.05) is 13.0 Å². The van der Waals surface area contributed by atoms with Gasteiger partial charge in [0, 0.05) is 5.56 Å². The van der Waals surface area contributed by atoms with E-state index in [-0.39, 0.29) is 18.6 Å². The molecule has 4 aromatic rings. The maximum atomic E-state index is 14.0. The molecule has 0 aliphatic carbocycles. The summed E-state index contributed by atoms with van der Waals surface area (Å²) < 4.78 is 59.2. The van der Waals surface area contributed by atoms with E-state index in [9.17, 15) is 22.4 Å². The smallest absolute Gasteiger partial charge is 0.419 e. The molecule has 11 heteroatoms. The average molecular weight is 497 g/mol. The van der Waals surface area contributed by atoms with E-state index in [1.165, 1.54) is 28.7 Å². The second kappa shape index (κ2) is 8.71. The van der Waals surface area contributed by atoms with Crippen LogP contribution in [-0.2, 0) is 24.0 Å². The quantitative estimate of drug-likeness (QED) is 0.313. The second-order valence-corrected chi connectivity index (χ2v) is 9.41. The van der Waals surface area contributed by atoms with Crippen LogP contribution < -0.4 is 4.74 Å². The molecular formula is C22H16F4N2O3S2. The van der Waals surface area contributed by atoms with Gasteiger partial charge in [-0.3, -0.25) is 4.79 Å². The molecule has 2 aromatic carbocycles. The van der Waals surface area contributed by atoms with E-state index in [4.69, 9.17) is 9.84 Å². The van der Waals surface area contributed by atoms with Crippen molar-refractivity contribution in [2.75, 3.05) is 0 Å². The number of ether oxygens (including phenoxy) is 1. The predicted octanol–water partition coefficient (Wildman–Crippen LogP) is 6.40. The second-order valence-electron chi connectivity index (χ2n) is 7.25. The van der Waals surface area contributed by atoms with Crippen molar-refractivity contribution >= 4 is 38.9 Å². The first-order valence-corrected chi connectivity index (χ1v) is 11.2. The maximum Gasteiger partial charge on any atom is 0.419 e. The van der Waals surface area contributed by atoms with Crippen molar-refractivity contribution < 1.29 is 32.2 Å². The summed E-state index contributed by atoms with van der Waals surface area (Å²) in [5.41, 5.74) is 1.06. The van der Waals surface area contributed by atoms with Gasteiger partial charge in [-0.2, -0.15) is 13.2 Å². The number of carbonyl (C=O) groups is 1. The van der Waals surface area contributed by atoms with Crippen molar-refractivity contribution in [2.24, 2.45) is 0 Å². The standard InChI is InChI=1S/C22H16F4N2O3S2/c1-10-3-6-15(19-20(10)33-17(28-19)8-18(29)30)31-9-16-11(2)27-21(32-16)12-4-5-13(14(23)7-12)22(24,25)26/h3-7H,8-9H2,1-2H3,(H,29,30). The third-order valence-corrected chi connectivity index (χ3v) is 7.19. The average Bonchev–Trinajstić information content (AvgIpc) is 3.30. The van der Waals surface area contributed by atoms with Gasteiger partial charge in [-0.1, -0.05) is 12.1 Å². The molecule has 0 aliphatic rings. The normalized spacial score (nSPS) is 11.8. The molecule has 0 fully saturated rings. The molecule has 4 rings (SSSR count). The SMILES string of the molecule is Cc1nc(-c2ccc(C(F)(F)F)c(F)c2)sc1COc1ccc(C)c2sc(CC(=O)O)nc12. The molecule has 0 saturated carbocycles. The van der Waals surface area contributed by atoms with Crippen LogP contribution in [0.2, 0.25) is 0 Å². The Morgan fingerprint density at radius 3 is 2.55 bits per heavy atom. The number of aliphatic carboxylic acids is 1. The minimum Gasteiger partial charge on any atom is -0.486 e. The molecule has 1 N–H and O–H groups in total.